The molecule has 0 bridgehead atoms. The van der Waals surface area contributed by atoms with Gasteiger partial charge in [-0.05, 0) is 12.8 Å². The van der Waals surface area contributed by atoms with Crippen molar-refractivity contribution in [3.05, 3.63) is 0 Å². The van der Waals surface area contributed by atoms with Crippen molar-refractivity contribution in [3.8, 4) is 0 Å². The molecule has 0 amide bonds. The lowest BCUT2D eigenvalue weighted by molar-refractivity contribution is 0.0264. The van der Waals surface area contributed by atoms with Gasteiger partial charge in [-0.25, -0.2) is 0 Å². The Morgan fingerprint density at radius 3 is 0.900 bits per heavy atom. The first kappa shape index (κ1) is 29.9. The Bertz CT molecular complexity index is 320. The molecule has 182 valence electrons. The molecule has 0 rings (SSSR count). The van der Waals surface area contributed by atoms with E-state index in [1.54, 1.807) is 0 Å². The molecule has 0 aliphatic carbocycles. The van der Waals surface area contributed by atoms with Crippen molar-refractivity contribution in [1.29, 1.82) is 0 Å². The van der Waals surface area contributed by atoms with Crippen LogP contribution in [0.5, 0.6) is 0 Å². The molecule has 0 heterocycles. The number of rotatable bonds is 25. The molecule has 0 aliphatic rings. The van der Waals surface area contributed by atoms with Crippen LogP contribution in [-0.4, -0.2) is 17.3 Å². The predicted molar refractivity (Wildman–Crippen MR) is 136 cm³/mol. The summed E-state index contributed by atoms with van der Waals surface area (Å²) >= 11 is 0. The highest BCUT2D eigenvalue weighted by molar-refractivity contribution is 4.79. The van der Waals surface area contributed by atoms with Crippen LogP contribution in [0.25, 0.3) is 0 Å². The Hall–Kier alpha value is -0.0800. The van der Waals surface area contributed by atoms with Crippen molar-refractivity contribution in [3.63, 3.8) is 0 Å². The van der Waals surface area contributed by atoms with Crippen LogP contribution in [0, 0.1) is 0 Å². The van der Waals surface area contributed by atoms with Crippen LogP contribution >= 0.6 is 0 Å². The zero-order chi connectivity index (χ0) is 22.2. The van der Waals surface area contributed by atoms with Gasteiger partial charge >= 0.3 is 0 Å². The summed E-state index contributed by atoms with van der Waals surface area (Å²) in [7, 11) is 0. The molecule has 1 atom stereocenters. The van der Waals surface area contributed by atoms with E-state index in [4.69, 9.17) is 5.73 Å². The van der Waals surface area contributed by atoms with Crippen LogP contribution in [0.3, 0.4) is 0 Å². The van der Waals surface area contributed by atoms with Crippen molar-refractivity contribution in [2.75, 3.05) is 6.54 Å². The molecule has 0 saturated carbocycles. The largest absolute Gasteiger partial charge is 0.389 e. The molecule has 0 radical (unpaired) electrons. The molecule has 0 saturated heterocycles. The van der Waals surface area contributed by atoms with Crippen LogP contribution in [0.1, 0.15) is 168 Å². The average molecular weight is 426 g/mol. The quantitative estimate of drug-likeness (QED) is 0.143. The molecular formula is C28H59NO. The molecule has 3 N–H and O–H groups in total. The van der Waals surface area contributed by atoms with Gasteiger partial charge in [0.05, 0.1) is 5.60 Å². The van der Waals surface area contributed by atoms with Crippen LogP contribution in [0.4, 0.5) is 0 Å². The molecule has 0 aromatic rings. The first-order valence-electron chi connectivity index (χ1n) is 14.1. The summed E-state index contributed by atoms with van der Waals surface area (Å²) in [5, 5.41) is 10.7. The number of aliphatic hydroxyl groups is 1. The Kier molecular flexibility index (Phi) is 23.5. The Labute approximate surface area is 191 Å². The lowest BCUT2D eigenvalue weighted by Crippen LogP contribution is -2.37. The SMILES string of the molecule is CCCCCCCCCCCCCCCCCCC(O)(CN)CCCCCCCC. The summed E-state index contributed by atoms with van der Waals surface area (Å²) in [6, 6.07) is 0. The summed E-state index contributed by atoms with van der Waals surface area (Å²) in [5.41, 5.74) is 5.29. The molecule has 1 unspecified atom stereocenters. The standard InChI is InChI=1S/C28H59NO/c1-3-5-7-9-11-12-13-14-15-16-17-18-19-20-22-24-26-28(30,27-29)25-23-21-10-8-6-4-2/h30H,3-27,29H2,1-2H3. The zero-order valence-corrected chi connectivity index (χ0v) is 21.2. The molecule has 0 fully saturated rings. The fourth-order valence-electron chi connectivity index (χ4n) is 4.57. The maximum atomic E-state index is 10.7. The fraction of sp³-hybridized carbons (Fsp3) is 1.00. The molecule has 2 heteroatoms. The minimum absolute atomic E-state index is 0.431. The molecule has 0 aliphatic heterocycles. The van der Waals surface area contributed by atoms with Crippen LogP contribution in [0.15, 0.2) is 0 Å². The van der Waals surface area contributed by atoms with E-state index in [1.165, 1.54) is 128 Å². The van der Waals surface area contributed by atoms with Gasteiger partial charge in [0.15, 0.2) is 0 Å². The highest BCUT2D eigenvalue weighted by Crippen LogP contribution is 2.22. The third-order valence-electron chi connectivity index (χ3n) is 6.87. The molecule has 0 aromatic heterocycles. The summed E-state index contributed by atoms with van der Waals surface area (Å²) in [5.74, 6) is 0. The summed E-state index contributed by atoms with van der Waals surface area (Å²) < 4.78 is 0. The van der Waals surface area contributed by atoms with Gasteiger partial charge in [0, 0.05) is 6.54 Å². The van der Waals surface area contributed by atoms with Crippen LogP contribution in [0.2, 0.25) is 0 Å². The third kappa shape index (κ3) is 21.2. The predicted octanol–water partition coefficient (Wildman–Crippen LogP) is 9.08. The molecule has 2 nitrogen and oxygen atoms in total. The second-order valence-electron chi connectivity index (χ2n) is 10.00. The lowest BCUT2D eigenvalue weighted by Gasteiger charge is -2.26. The van der Waals surface area contributed by atoms with Gasteiger partial charge in [-0.3, -0.25) is 0 Å². The van der Waals surface area contributed by atoms with Gasteiger partial charge in [0.25, 0.3) is 0 Å². The first-order chi connectivity index (χ1) is 14.7. The van der Waals surface area contributed by atoms with E-state index in [1.807, 2.05) is 0 Å². The van der Waals surface area contributed by atoms with Crippen molar-refractivity contribution < 1.29 is 5.11 Å². The van der Waals surface area contributed by atoms with Gasteiger partial charge in [-0.2, -0.15) is 0 Å². The van der Waals surface area contributed by atoms with E-state index >= 15 is 0 Å². The van der Waals surface area contributed by atoms with E-state index in [0.29, 0.717) is 6.54 Å². The zero-order valence-electron chi connectivity index (χ0n) is 21.2. The smallest absolute Gasteiger partial charge is 0.0769 e. The number of hydrogen-bond acceptors (Lipinski definition) is 2. The third-order valence-corrected chi connectivity index (χ3v) is 6.87. The number of nitrogens with two attached hydrogens (primary N) is 1. The van der Waals surface area contributed by atoms with Gasteiger partial charge in [0.1, 0.15) is 0 Å². The fourth-order valence-corrected chi connectivity index (χ4v) is 4.57. The molecular weight excluding hydrogens is 366 g/mol. The van der Waals surface area contributed by atoms with Crippen molar-refractivity contribution in [2.24, 2.45) is 5.73 Å². The molecule has 0 aromatic carbocycles. The summed E-state index contributed by atoms with van der Waals surface area (Å²) in [6.45, 7) is 4.98. The van der Waals surface area contributed by atoms with Crippen molar-refractivity contribution in [2.45, 2.75) is 174 Å². The monoisotopic (exact) mass is 425 g/mol. The van der Waals surface area contributed by atoms with Crippen LogP contribution in [-0.2, 0) is 0 Å². The number of unbranched alkanes of at least 4 members (excludes halogenated alkanes) is 20. The van der Waals surface area contributed by atoms with E-state index in [-0.39, 0.29) is 0 Å². The second-order valence-corrected chi connectivity index (χ2v) is 10.00. The summed E-state index contributed by atoms with van der Waals surface area (Å²) in [6.07, 6.45) is 31.8. The Morgan fingerprint density at radius 1 is 0.433 bits per heavy atom. The normalized spacial score (nSPS) is 13.6. The van der Waals surface area contributed by atoms with Crippen molar-refractivity contribution >= 4 is 0 Å². The summed E-state index contributed by atoms with van der Waals surface area (Å²) in [4.78, 5) is 0. The van der Waals surface area contributed by atoms with Crippen molar-refractivity contribution in [1.82, 2.24) is 0 Å². The van der Waals surface area contributed by atoms with Gasteiger partial charge in [-0.1, -0.05) is 155 Å². The van der Waals surface area contributed by atoms with Gasteiger partial charge in [0.2, 0.25) is 0 Å². The minimum Gasteiger partial charge on any atom is -0.389 e. The first-order valence-corrected chi connectivity index (χ1v) is 14.1. The van der Waals surface area contributed by atoms with E-state index in [0.717, 1.165) is 25.7 Å². The maximum absolute atomic E-state index is 10.7. The average Bonchev–Trinajstić information content (AvgIpc) is 2.76. The Balaban J connectivity index is 3.36. The van der Waals surface area contributed by atoms with E-state index < -0.39 is 5.60 Å². The van der Waals surface area contributed by atoms with E-state index in [9.17, 15) is 5.11 Å². The number of hydrogen-bond donors (Lipinski definition) is 2. The molecule has 30 heavy (non-hydrogen) atoms. The second kappa shape index (κ2) is 23.6. The Morgan fingerprint density at radius 2 is 0.667 bits per heavy atom. The van der Waals surface area contributed by atoms with Gasteiger partial charge < -0.3 is 10.8 Å². The maximum Gasteiger partial charge on any atom is 0.0769 e. The van der Waals surface area contributed by atoms with Gasteiger partial charge in [-0.15, -0.1) is 0 Å². The highest BCUT2D eigenvalue weighted by Gasteiger charge is 2.23. The highest BCUT2D eigenvalue weighted by atomic mass is 16.3. The lowest BCUT2D eigenvalue weighted by atomic mass is 9.89. The topological polar surface area (TPSA) is 46.2 Å². The van der Waals surface area contributed by atoms with Crippen LogP contribution < -0.4 is 5.73 Å². The minimum atomic E-state index is -0.596. The van der Waals surface area contributed by atoms with E-state index in [2.05, 4.69) is 13.8 Å². The molecule has 0 spiro atoms.